The molecule has 2 aliphatic rings. The Balaban J connectivity index is 1.77. The Hall–Kier alpha value is -2.51. The summed E-state index contributed by atoms with van der Waals surface area (Å²) in [5.74, 6) is -0.523. The summed E-state index contributed by atoms with van der Waals surface area (Å²) in [4.78, 5) is 30.0. The summed E-state index contributed by atoms with van der Waals surface area (Å²) in [6.07, 6.45) is 2.74. The molecule has 172 valence electrons. The first-order valence-corrected chi connectivity index (χ1v) is 12.3. The van der Waals surface area contributed by atoms with Crippen molar-refractivity contribution in [2.45, 2.75) is 52.5 Å². The number of amides is 2. The summed E-state index contributed by atoms with van der Waals surface area (Å²) in [6.45, 7) is 11.9. The summed E-state index contributed by atoms with van der Waals surface area (Å²) >= 11 is 8.71. The van der Waals surface area contributed by atoms with E-state index in [1.54, 1.807) is 18.2 Å². The minimum Gasteiger partial charge on any atom is -0.366 e. The topological polar surface area (TPSA) is 52.7 Å². The summed E-state index contributed by atoms with van der Waals surface area (Å²) in [7, 11) is 0. The molecule has 2 heterocycles. The molecule has 0 aromatic heterocycles. The van der Waals surface area contributed by atoms with Crippen LogP contribution < -0.4 is 15.1 Å². The fourth-order valence-electron chi connectivity index (χ4n) is 5.04. The Morgan fingerprint density at radius 3 is 2.52 bits per heavy atom. The number of benzene rings is 2. The normalized spacial score (nSPS) is 21.3. The van der Waals surface area contributed by atoms with Crippen LogP contribution in [0, 0.1) is 6.92 Å². The number of hydrogen-bond acceptors (Lipinski definition) is 4. The Morgan fingerprint density at radius 1 is 1.21 bits per heavy atom. The fraction of sp³-hybridized carbons (Fsp3) is 0.346. The molecule has 2 aromatic carbocycles. The molecule has 7 heteroatoms. The predicted octanol–water partition coefficient (Wildman–Crippen LogP) is 5.70. The van der Waals surface area contributed by atoms with E-state index in [9.17, 15) is 9.59 Å². The summed E-state index contributed by atoms with van der Waals surface area (Å²) in [5, 5.41) is 2.75. The molecule has 1 atom stereocenters. The van der Waals surface area contributed by atoms with E-state index < -0.39 is 11.8 Å². The molecule has 0 spiro atoms. The van der Waals surface area contributed by atoms with Crippen molar-refractivity contribution < 1.29 is 9.59 Å². The van der Waals surface area contributed by atoms with Gasteiger partial charge >= 0.3 is 0 Å². The van der Waals surface area contributed by atoms with Crippen LogP contribution in [0.4, 0.5) is 11.4 Å². The van der Waals surface area contributed by atoms with Crippen LogP contribution in [0.1, 0.15) is 56.7 Å². The van der Waals surface area contributed by atoms with E-state index in [1.807, 2.05) is 19.1 Å². The molecule has 0 aliphatic carbocycles. The fourth-order valence-corrected chi connectivity index (χ4v) is 5.59. The highest BCUT2D eigenvalue weighted by Crippen LogP contribution is 2.44. The second kappa shape index (κ2) is 8.69. The lowest BCUT2D eigenvalue weighted by Crippen LogP contribution is -2.54. The Morgan fingerprint density at radius 2 is 1.88 bits per heavy atom. The van der Waals surface area contributed by atoms with E-state index in [-0.39, 0.29) is 16.2 Å². The van der Waals surface area contributed by atoms with Crippen molar-refractivity contribution in [2.24, 2.45) is 0 Å². The van der Waals surface area contributed by atoms with E-state index in [2.05, 4.69) is 66.0 Å². The maximum Gasteiger partial charge on any atom is 0.270 e. The van der Waals surface area contributed by atoms with Gasteiger partial charge in [0, 0.05) is 22.2 Å². The largest absolute Gasteiger partial charge is 0.366 e. The quantitative estimate of drug-likeness (QED) is 0.317. The number of carbonyl (C=O) groups excluding carboxylic acids is 2. The number of fused-ring (bicyclic) bond motifs is 1. The van der Waals surface area contributed by atoms with Crippen LogP contribution in [0.15, 0.2) is 46.4 Å². The Kier molecular flexibility index (Phi) is 6.22. The number of aryl methyl sites for hydroxylation is 1. The molecule has 33 heavy (non-hydrogen) atoms. The summed E-state index contributed by atoms with van der Waals surface area (Å²) < 4.78 is 0.893. The number of nitrogens with zero attached hydrogens (tertiary/aromatic N) is 2. The first kappa shape index (κ1) is 23.6. The van der Waals surface area contributed by atoms with E-state index in [0.29, 0.717) is 11.6 Å². The molecule has 5 nitrogen and oxygen atoms in total. The van der Waals surface area contributed by atoms with Gasteiger partial charge in [0.2, 0.25) is 0 Å². The molecule has 1 fully saturated rings. The third-order valence-electron chi connectivity index (χ3n) is 6.58. The maximum absolute atomic E-state index is 13.4. The summed E-state index contributed by atoms with van der Waals surface area (Å²) in [6, 6.07) is 11.6. The minimum absolute atomic E-state index is 0.0747. The standard InChI is InChI=1S/C26H28BrN3O2S/c1-6-29-22-11-15(2)17(12-20(22)16(3)14-26(29,4)5)13-21-23(31)28-25(33)30(24(21)32)19-9-7-18(27)8-10-19/h7-13,16H,6,14H2,1-5H3,(H,28,31,33)/b21-13-. The van der Waals surface area contributed by atoms with Gasteiger partial charge in [-0.3, -0.25) is 19.8 Å². The highest BCUT2D eigenvalue weighted by molar-refractivity contribution is 9.10. The maximum atomic E-state index is 13.4. The van der Waals surface area contributed by atoms with Gasteiger partial charge in [-0.15, -0.1) is 0 Å². The monoisotopic (exact) mass is 525 g/mol. The van der Waals surface area contributed by atoms with E-state index in [4.69, 9.17) is 12.2 Å². The molecule has 1 saturated heterocycles. The first-order valence-electron chi connectivity index (χ1n) is 11.1. The van der Waals surface area contributed by atoms with Crippen molar-refractivity contribution in [2.75, 3.05) is 16.3 Å². The van der Waals surface area contributed by atoms with Gasteiger partial charge in [0.1, 0.15) is 5.57 Å². The van der Waals surface area contributed by atoms with Crippen LogP contribution >= 0.6 is 28.1 Å². The zero-order chi connectivity index (χ0) is 24.1. The van der Waals surface area contributed by atoms with Gasteiger partial charge in [0.05, 0.1) is 5.69 Å². The number of anilines is 2. The van der Waals surface area contributed by atoms with Gasteiger partial charge < -0.3 is 4.90 Å². The van der Waals surface area contributed by atoms with Crippen molar-refractivity contribution in [1.82, 2.24) is 5.32 Å². The average molecular weight is 527 g/mol. The second-order valence-electron chi connectivity index (χ2n) is 9.36. The molecule has 1 N–H and O–H groups in total. The second-order valence-corrected chi connectivity index (χ2v) is 10.7. The molecule has 1 unspecified atom stereocenters. The van der Waals surface area contributed by atoms with Crippen LogP contribution in [0.5, 0.6) is 0 Å². The lowest BCUT2D eigenvalue weighted by atomic mass is 9.79. The highest BCUT2D eigenvalue weighted by Gasteiger charge is 2.37. The van der Waals surface area contributed by atoms with Crippen LogP contribution in [0.2, 0.25) is 0 Å². The van der Waals surface area contributed by atoms with Gasteiger partial charge in [-0.05, 0) is 111 Å². The van der Waals surface area contributed by atoms with Crippen LogP contribution in [0.3, 0.4) is 0 Å². The number of halogens is 1. The first-order chi connectivity index (χ1) is 15.5. The molecule has 0 saturated carbocycles. The SMILES string of the molecule is CCN1c2cc(C)c(/C=C3/C(=O)NC(=S)N(c4ccc(Br)cc4)C3=O)cc2C(C)CC1(C)C. The molecular weight excluding hydrogens is 498 g/mol. The van der Waals surface area contributed by atoms with E-state index in [1.165, 1.54) is 16.2 Å². The van der Waals surface area contributed by atoms with Crippen molar-refractivity contribution in [3.8, 4) is 0 Å². The van der Waals surface area contributed by atoms with Gasteiger partial charge in [-0.25, -0.2) is 0 Å². The molecule has 2 aliphatic heterocycles. The van der Waals surface area contributed by atoms with Gasteiger partial charge in [-0.2, -0.15) is 0 Å². The van der Waals surface area contributed by atoms with Crippen molar-refractivity contribution >= 4 is 62.5 Å². The van der Waals surface area contributed by atoms with Crippen LogP contribution in [0.25, 0.3) is 6.08 Å². The highest BCUT2D eigenvalue weighted by atomic mass is 79.9. The van der Waals surface area contributed by atoms with Crippen molar-refractivity contribution in [3.63, 3.8) is 0 Å². The van der Waals surface area contributed by atoms with Crippen LogP contribution in [-0.4, -0.2) is 29.0 Å². The van der Waals surface area contributed by atoms with E-state index >= 15 is 0 Å². The van der Waals surface area contributed by atoms with Crippen molar-refractivity contribution in [1.29, 1.82) is 0 Å². The predicted molar refractivity (Wildman–Crippen MR) is 142 cm³/mol. The minimum atomic E-state index is -0.472. The molecular formula is C26H28BrN3O2S. The number of thiocarbonyl (C=S) groups is 1. The number of hydrogen-bond donors (Lipinski definition) is 1. The lowest BCUT2D eigenvalue weighted by molar-refractivity contribution is -0.122. The summed E-state index contributed by atoms with van der Waals surface area (Å²) in [5.41, 5.74) is 5.14. The van der Waals surface area contributed by atoms with Crippen LogP contribution in [-0.2, 0) is 9.59 Å². The number of rotatable bonds is 3. The average Bonchev–Trinajstić information content (AvgIpc) is 2.72. The van der Waals surface area contributed by atoms with Gasteiger partial charge in [0.15, 0.2) is 5.11 Å². The molecule has 0 radical (unpaired) electrons. The zero-order valence-electron chi connectivity index (χ0n) is 19.5. The van der Waals surface area contributed by atoms with Crippen molar-refractivity contribution in [3.05, 3.63) is 63.1 Å². The smallest absolute Gasteiger partial charge is 0.270 e. The molecule has 2 aromatic rings. The lowest BCUT2D eigenvalue weighted by Gasteiger charge is -2.47. The van der Waals surface area contributed by atoms with Gasteiger partial charge in [0.25, 0.3) is 11.8 Å². The molecule has 4 rings (SSSR count). The van der Waals surface area contributed by atoms with E-state index in [0.717, 1.165) is 28.6 Å². The Labute approximate surface area is 209 Å². The van der Waals surface area contributed by atoms with Gasteiger partial charge in [-0.1, -0.05) is 22.9 Å². The third-order valence-corrected chi connectivity index (χ3v) is 7.39. The number of nitrogens with one attached hydrogen (secondary N) is 1. The molecule has 2 amide bonds. The molecule has 0 bridgehead atoms. The third kappa shape index (κ3) is 4.24. The zero-order valence-corrected chi connectivity index (χ0v) is 21.9. The Bertz CT molecular complexity index is 1190. The number of carbonyl (C=O) groups is 2.